The first kappa shape index (κ1) is 24.6. The summed E-state index contributed by atoms with van der Waals surface area (Å²) < 4.78 is 11.3. The highest BCUT2D eigenvalue weighted by Gasteiger charge is 2.71. The quantitative estimate of drug-likeness (QED) is 0.257. The van der Waals surface area contributed by atoms with Crippen LogP contribution in [-0.2, 0) is 13.1 Å². The second-order valence-corrected chi connectivity index (χ2v) is 13.4. The van der Waals surface area contributed by atoms with Gasteiger partial charge >= 0.3 is 8.02 Å². The van der Waals surface area contributed by atoms with Gasteiger partial charge in [0.05, 0.1) is 24.7 Å². The molecular weight excluding hydrogens is 475 g/mol. The number of rotatable bonds is 6. The third-order valence-electron chi connectivity index (χ3n) is 9.01. The molecule has 1 saturated heterocycles. The first-order valence-electron chi connectivity index (χ1n) is 13.2. The highest BCUT2D eigenvalue weighted by molar-refractivity contribution is 7.59. The fraction of sp³-hybridized carbons (Fsp3) is 0.312. The van der Waals surface area contributed by atoms with E-state index in [1.165, 1.54) is 0 Å². The fourth-order valence-corrected chi connectivity index (χ4v) is 9.78. The average Bonchev–Trinajstić information content (AvgIpc) is 3.10. The summed E-state index contributed by atoms with van der Waals surface area (Å²) in [6, 6.07) is 35.2. The van der Waals surface area contributed by atoms with E-state index in [-0.39, 0.29) is 17.0 Å². The molecule has 0 radical (unpaired) electrons. The molecule has 0 N–H and O–H groups in total. The van der Waals surface area contributed by atoms with Gasteiger partial charge in [-0.25, -0.2) is 0 Å². The molecular formula is C32H35N2O2P. The molecule has 37 heavy (non-hydrogen) atoms. The zero-order chi connectivity index (χ0) is 25.7. The minimum Gasteiger partial charge on any atom is -0.618 e. The van der Waals surface area contributed by atoms with Gasteiger partial charge in [0.2, 0.25) is 0 Å². The van der Waals surface area contributed by atoms with Crippen molar-refractivity contribution in [2.24, 2.45) is 5.41 Å². The maximum absolute atomic E-state index is 15.7. The molecule has 4 aromatic rings. The zero-order valence-electron chi connectivity index (χ0n) is 21.9. The van der Waals surface area contributed by atoms with Gasteiger partial charge in [-0.1, -0.05) is 111 Å². The summed E-state index contributed by atoms with van der Waals surface area (Å²) in [5.74, 6) is 0.681. The van der Waals surface area contributed by atoms with Gasteiger partial charge in [-0.3, -0.25) is 0 Å². The fourth-order valence-electron chi connectivity index (χ4n) is 6.53. The second-order valence-electron chi connectivity index (χ2n) is 11.2. The molecule has 4 aromatic carbocycles. The van der Waals surface area contributed by atoms with Crippen molar-refractivity contribution in [3.8, 4) is 5.75 Å². The first-order valence-corrected chi connectivity index (χ1v) is 14.8. The van der Waals surface area contributed by atoms with E-state index in [0.29, 0.717) is 18.8 Å². The van der Waals surface area contributed by atoms with Crippen LogP contribution in [0.5, 0.6) is 5.75 Å². The Balaban J connectivity index is 1.52. The largest absolute Gasteiger partial charge is 0.618 e. The van der Waals surface area contributed by atoms with Crippen molar-refractivity contribution in [2.75, 3.05) is 0 Å². The van der Waals surface area contributed by atoms with Gasteiger partial charge in [-0.15, -0.1) is 9.34 Å². The van der Waals surface area contributed by atoms with Crippen molar-refractivity contribution >= 4 is 18.8 Å². The Morgan fingerprint density at radius 2 is 1.38 bits per heavy atom. The molecule has 1 aliphatic heterocycles. The molecule has 190 valence electrons. The third kappa shape index (κ3) is 3.99. The normalized spacial score (nSPS) is 27.4. The minimum absolute atomic E-state index is 0.0768. The van der Waals surface area contributed by atoms with Crippen LogP contribution in [0.3, 0.4) is 0 Å². The molecule has 3 unspecified atom stereocenters. The van der Waals surface area contributed by atoms with Crippen molar-refractivity contribution in [2.45, 2.75) is 58.3 Å². The number of benzene rings is 4. The Kier molecular flexibility index (Phi) is 6.12. The van der Waals surface area contributed by atoms with E-state index >= 15 is 4.89 Å². The maximum Gasteiger partial charge on any atom is 0.304 e. The SMILES string of the molecule is CC1(C)C2CCC1(C)N(Cc1ccccc1)[P+]([O-])(Oc1cccc3ccccc13)N2Cc1ccccc1. The molecule has 4 nitrogen and oxygen atoms in total. The molecule has 3 atom stereocenters. The molecule has 5 heteroatoms. The lowest BCUT2D eigenvalue weighted by atomic mass is 9.73. The van der Waals surface area contributed by atoms with E-state index in [0.717, 1.165) is 34.7 Å². The van der Waals surface area contributed by atoms with Crippen LogP contribution in [0.1, 0.15) is 44.7 Å². The Morgan fingerprint density at radius 3 is 2.08 bits per heavy atom. The summed E-state index contributed by atoms with van der Waals surface area (Å²) in [6.07, 6.45) is 1.97. The van der Waals surface area contributed by atoms with E-state index in [1.54, 1.807) is 0 Å². The highest BCUT2D eigenvalue weighted by atomic mass is 31.2. The zero-order valence-corrected chi connectivity index (χ0v) is 22.8. The van der Waals surface area contributed by atoms with E-state index in [1.807, 2.05) is 36.4 Å². The lowest BCUT2D eigenvalue weighted by Crippen LogP contribution is -2.67. The van der Waals surface area contributed by atoms with Crippen molar-refractivity contribution < 1.29 is 9.42 Å². The first-order chi connectivity index (χ1) is 17.8. The van der Waals surface area contributed by atoms with Crippen LogP contribution in [-0.4, -0.2) is 20.9 Å². The van der Waals surface area contributed by atoms with Crippen LogP contribution in [0.4, 0.5) is 0 Å². The molecule has 6 rings (SSSR count). The maximum atomic E-state index is 15.7. The number of hydrogen-bond acceptors (Lipinski definition) is 4. The Morgan fingerprint density at radius 1 is 0.784 bits per heavy atom. The van der Waals surface area contributed by atoms with Gasteiger partial charge in [-0.05, 0) is 42.3 Å². The van der Waals surface area contributed by atoms with E-state index in [4.69, 9.17) is 4.52 Å². The van der Waals surface area contributed by atoms with Gasteiger partial charge in [-0.2, -0.15) is 0 Å². The molecule has 0 amide bonds. The van der Waals surface area contributed by atoms with Gasteiger partial charge in [0.15, 0.2) is 5.75 Å². The highest BCUT2D eigenvalue weighted by Crippen LogP contribution is 2.74. The standard InChI is InChI=1S/C32H35N2O2P/c1-31(2)30-21-22-32(31,3)34(24-26-15-8-5-9-16-26)37(35,33(30)23-25-13-6-4-7-14-25)36-29-20-12-18-27-17-10-11-19-28(27)29/h4-20,30H,21-24H2,1-3H3. The number of hydrogen-bond donors (Lipinski definition) is 0. The van der Waals surface area contributed by atoms with Gasteiger partial charge in [0.25, 0.3) is 0 Å². The molecule has 1 aliphatic carbocycles. The summed E-state index contributed by atoms with van der Waals surface area (Å²) in [4.78, 5) is 15.7. The molecule has 2 aliphatic rings. The molecule has 1 heterocycles. The summed E-state index contributed by atoms with van der Waals surface area (Å²) >= 11 is 0. The van der Waals surface area contributed by atoms with E-state index < -0.39 is 8.02 Å². The Labute approximate surface area is 221 Å². The summed E-state index contributed by atoms with van der Waals surface area (Å²) in [7, 11) is -3.52. The van der Waals surface area contributed by atoms with Crippen LogP contribution < -0.4 is 9.42 Å². The van der Waals surface area contributed by atoms with Gasteiger partial charge in [0.1, 0.15) is 0 Å². The second kappa shape index (κ2) is 9.22. The van der Waals surface area contributed by atoms with Crippen LogP contribution in [0, 0.1) is 5.41 Å². The summed E-state index contributed by atoms with van der Waals surface area (Å²) in [6.45, 7) is 8.15. The van der Waals surface area contributed by atoms with Gasteiger partial charge < -0.3 is 9.42 Å². The number of fused-ring (bicyclic) bond motifs is 3. The van der Waals surface area contributed by atoms with Crippen LogP contribution >= 0.6 is 8.02 Å². The van der Waals surface area contributed by atoms with Gasteiger partial charge in [0, 0.05) is 10.8 Å². The Bertz CT molecular complexity index is 1390. The molecule has 0 aromatic heterocycles. The topological polar surface area (TPSA) is 38.8 Å². The van der Waals surface area contributed by atoms with Crippen LogP contribution in [0.2, 0.25) is 0 Å². The lowest BCUT2D eigenvalue weighted by Gasteiger charge is -2.60. The molecule has 2 fully saturated rings. The van der Waals surface area contributed by atoms with Crippen molar-refractivity contribution in [3.05, 3.63) is 114 Å². The lowest BCUT2D eigenvalue weighted by molar-refractivity contribution is -0.235. The summed E-state index contributed by atoms with van der Waals surface area (Å²) in [5.41, 5.74) is 1.94. The predicted molar refractivity (Wildman–Crippen MR) is 151 cm³/mol. The number of nitrogens with zero attached hydrogens (tertiary/aromatic N) is 2. The van der Waals surface area contributed by atoms with Crippen molar-refractivity contribution in [1.29, 1.82) is 0 Å². The smallest absolute Gasteiger partial charge is 0.304 e. The monoisotopic (exact) mass is 510 g/mol. The molecule has 2 bridgehead atoms. The van der Waals surface area contributed by atoms with E-state index in [2.05, 4.69) is 96.8 Å². The summed E-state index contributed by atoms with van der Waals surface area (Å²) in [5, 5.41) is 2.07. The van der Waals surface area contributed by atoms with E-state index in [9.17, 15) is 0 Å². The van der Waals surface area contributed by atoms with Crippen molar-refractivity contribution in [1.82, 2.24) is 9.34 Å². The third-order valence-corrected chi connectivity index (χ3v) is 11.7. The van der Waals surface area contributed by atoms with Crippen LogP contribution in [0.25, 0.3) is 10.8 Å². The van der Waals surface area contributed by atoms with Crippen LogP contribution in [0.15, 0.2) is 103 Å². The van der Waals surface area contributed by atoms with Crippen molar-refractivity contribution in [3.63, 3.8) is 0 Å². The predicted octanol–water partition coefficient (Wildman–Crippen LogP) is 7.22. The molecule has 0 spiro atoms. The average molecular weight is 511 g/mol. The Hall–Kier alpha value is -2.75. The minimum atomic E-state index is -3.52. The molecule has 1 saturated carbocycles.